The maximum Gasteiger partial charge on any atom is 0.339 e. The van der Waals surface area contributed by atoms with Gasteiger partial charge in [-0.1, -0.05) is 6.08 Å². The fourth-order valence-corrected chi connectivity index (χ4v) is 2.51. The van der Waals surface area contributed by atoms with Gasteiger partial charge in [-0.2, -0.15) is 0 Å². The zero-order chi connectivity index (χ0) is 18.5. The van der Waals surface area contributed by atoms with Crippen molar-refractivity contribution in [3.63, 3.8) is 0 Å². The van der Waals surface area contributed by atoms with E-state index in [1.165, 1.54) is 18.9 Å². The van der Waals surface area contributed by atoms with Crippen LogP contribution in [0.4, 0.5) is 0 Å². The number of hydrogen-bond donors (Lipinski definition) is 0. The minimum Gasteiger partial charge on any atom is -0.493 e. The van der Waals surface area contributed by atoms with Crippen molar-refractivity contribution in [3.05, 3.63) is 46.0 Å². The molecule has 0 radical (unpaired) electrons. The van der Waals surface area contributed by atoms with Gasteiger partial charge in [0, 0.05) is 6.07 Å². The SMILES string of the molecule is COc1cc(/C=C/c2cc(OCC3CC3)cc(=O)o2)cc(OC)c1OC. The van der Waals surface area contributed by atoms with Crippen LogP contribution in [0.1, 0.15) is 24.2 Å². The quantitative estimate of drug-likeness (QED) is 0.718. The van der Waals surface area contributed by atoms with E-state index < -0.39 is 5.63 Å². The lowest BCUT2D eigenvalue weighted by atomic mass is 10.1. The van der Waals surface area contributed by atoms with Crippen molar-refractivity contribution >= 4 is 12.2 Å². The van der Waals surface area contributed by atoms with Gasteiger partial charge in [0.05, 0.1) is 34.0 Å². The van der Waals surface area contributed by atoms with Crippen molar-refractivity contribution in [1.82, 2.24) is 0 Å². The molecule has 0 saturated heterocycles. The van der Waals surface area contributed by atoms with Gasteiger partial charge in [0.25, 0.3) is 0 Å². The molecule has 0 spiro atoms. The highest BCUT2D eigenvalue weighted by Gasteiger charge is 2.22. The fourth-order valence-electron chi connectivity index (χ4n) is 2.51. The highest BCUT2D eigenvalue weighted by atomic mass is 16.5. The molecule has 1 saturated carbocycles. The second kappa shape index (κ2) is 7.99. The summed E-state index contributed by atoms with van der Waals surface area (Å²) >= 11 is 0. The second-order valence-corrected chi connectivity index (χ2v) is 6.06. The molecular weight excluding hydrogens is 336 g/mol. The molecule has 3 rings (SSSR count). The predicted octanol–water partition coefficient (Wildman–Crippen LogP) is 3.62. The standard InChI is InChI=1S/C20H22O6/c1-22-17-8-14(9-18(23-2)20(17)24-3)6-7-15-10-16(11-19(21)26-15)25-12-13-4-5-13/h6-11,13H,4-5,12H2,1-3H3/b7-6+. The molecule has 0 bridgehead atoms. The molecule has 138 valence electrons. The van der Waals surface area contributed by atoms with Gasteiger partial charge in [-0.25, -0.2) is 4.79 Å². The third-order valence-electron chi connectivity index (χ3n) is 4.07. The molecule has 1 heterocycles. The third-order valence-corrected chi connectivity index (χ3v) is 4.07. The molecule has 1 aromatic carbocycles. The van der Waals surface area contributed by atoms with E-state index in [9.17, 15) is 4.79 Å². The molecule has 1 aliphatic rings. The summed E-state index contributed by atoms with van der Waals surface area (Å²) < 4.78 is 26.9. The van der Waals surface area contributed by atoms with Gasteiger partial charge in [0.1, 0.15) is 11.5 Å². The smallest absolute Gasteiger partial charge is 0.339 e. The highest BCUT2D eigenvalue weighted by molar-refractivity contribution is 5.71. The van der Waals surface area contributed by atoms with Gasteiger partial charge < -0.3 is 23.4 Å². The van der Waals surface area contributed by atoms with Crippen LogP contribution in [0.2, 0.25) is 0 Å². The second-order valence-electron chi connectivity index (χ2n) is 6.06. The Morgan fingerprint density at radius 3 is 2.27 bits per heavy atom. The lowest BCUT2D eigenvalue weighted by molar-refractivity contribution is 0.295. The van der Waals surface area contributed by atoms with Gasteiger partial charge >= 0.3 is 5.63 Å². The first-order valence-electron chi connectivity index (χ1n) is 8.39. The Labute approximate surface area is 151 Å². The number of rotatable bonds is 8. The molecule has 0 unspecified atom stereocenters. The van der Waals surface area contributed by atoms with E-state index in [1.807, 2.05) is 12.1 Å². The van der Waals surface area contributed by atoms with Crippen LogP contribution in [0.15, 0.2) is 33.5 Å². The summed E-state index contributed by atoms with van der Waals surface area (Å²) in [7, 11) is 4.67. The molecule has 6 heteroatoms. The average Bonchev–Trinajstić information content (AvgIpc) is 3.47. The largest absolute Gasteiger partial charge is 0.493 e. The molecule has 0 aliphatic heterocycles. The first-order valence-corrected chi connectivity index (χ1v) is 8.39. The zero-order valence-electron chi connectivity index (χ0n) is 15.1. The summed E-state index contributed by atoms with van der Waals surface area (Å²) in [6, 6.07) is 6.68. The molecular formula is C20H22O6. The van der Waals surface area contributed by atoms with Crippen LogP contribution in [0.25, 0.3) is 12.2 Å². The van der Waals surface area contributed by atoms with Gasteiger partial charge in [-0.15, -0.1) is 0 Å². The Bertz CT molecular complexity index is 823. The molecule has 6 nitrogen and oxygen atoms in total. The summed E-state index contributed by atoms with van der Waals surface area (Å²) in [6.45, 7) is 0.638. The monoisotopic (exact) mass is 358 g/mol. The third kappa shape index (κ3) is 4.39. The Morgan fingerprint density at radius 1 is 1.00 bits per heavy atom. The number of hydrogen-bond acceptors (Lipinski definition) is 6. The van der Waals surface area contributed by atoms with E-state index in [0.717, 1.165) is 5.56 Å². The van der Waals surface area contributed by atoms with Crippen molar-refractivity contribution in [1.29, 1.82) is 0 Å². The van der Waals surface area contributed by atoms with Crippen molar-refractivity contribution in [2.45, 2.75) is 12.8 Å². The first-order chi connectivity index (χ1) is 12.6. The van der Waals surface area contributed by atoms with Crippen LogP contribution in [0, 0.1) is 5.92 Å². The lowest BCUT2D eigenvalue weighted by Gasteiger charge is -2.12. The summed E-state index contributed by atoms with van der Waals surface area (Å²) in [5.74, 6) is 3.17. The molecule has 1 aliphatic carbocycles. The Balaban J connectivity index is 1.83. The summed E-state index contributed by atoms with van der Waals surface area (Å²) in [5, 5.41) is 0. The topological polar surface area (TPSA) is 67.1 Å². The first kappa shape index (κ1) is 17.9. The molecule has 0 N–H and O–H groups in total. The Hall–Kier alpha value is -2.89. The number of benzene rings is 1. The van der Waals surface area contributed by atoms with Crippen LogP contribution in [0.5, 0.6) is 23.0 Å². The van der Waals surface area contributed by atoms with Crippen molar-refractivity contribution in [3.8, 4) is 23.0 Å². The molecule has 1 aromatic heterocycles. The maximum atomic E-state index is 11.7. The van der Waals surface area contributed by atoms with E-state index in [-0.39, 0.29) is 0 Å². The number of ether oxygens (including phenoxy) is 4. The molecule has 2 aromatic rings. The predicted molar refractivity (Wildman–Crippen MR) is 98.2 cm³/mol. The van der Waals surface area contributed by atoms with Gasteiger partial charge in [-0.05, 0) is 42.5 Å². The van der Waals surface area contributed by atoms with Gasteiger partial charge in [0.2, 0.25) is 5.75 Å². The van der Waals surface area contributed by atoms with E-state index in [4.69, 9.17) is 23.4 Å². The number of methoxy groups -OCH3 is 3. The average molecular weight is 358 g/mol. The van der Waals surface area contributed by atoms with Crippen molar-refractivity contribution in [2.24, 2.45) is 5.92 Å². The van der Waals surface area contributed by atoms with Crippen molar-refractivity contribution < 1.29 is 23.4 Å². The van der Waals surface area contributed by atoms with Crippen LogP contribution in [0.3, 0.4) is 0 Å². The zero-order valence-corrected chi connectivity index (χ0v) is 15.1. The summed E-state index contributed by atoms with van der Waals surface area (Å²) in [4.78, 5) is 11.7. The van der Waals surface area contributed by atoms with E-state index in [0.29, 0.717) is 41.3 Å². The van der Waals surface area contributed by atoms with Crippen LogP contribution in [-0.4, -0.2) is 27.9 Å². The normalized spacial score (nSPS) is 13.7. The van der Waals surface area contributed by atoms with E-state index in [1.54, 1.807) is 39.5 Å². The molecule has 1 fully saturated rings. The Morgan fingerprint density at radius 2 is 1.69 bits per heavy atom. The van der Waals surface area contributed by atoms with Crippen LogP contribution >= 0.6 is 0 Å². The minimum absolute atomic E-state index is 0.414. The molecule has 0 amide bonds. The minimum atomic E-state index is -0.442. The van der Waals surface area contributed by atoms with Crippen molar-refractivity contribution in [2.75, 3.05) is 27.9 Å². The maximum absolute atomic E-state index is 11.7. The fraction of sp³-hybridized carbons (Fsp3) is 0.350. The highest BCUT2D eigenvalue weighted by Crippen LogP contribution is 2.38. The van der Waals surface area contributed by atoms with Gasteiger partial charge in [0.15, 0.2) is 11.5 Å². The summed E-state index contributed by atoms with van der Waals surface area (Å²) in [6.07, 6.45) is 5.88. The molecule has 26 heavy (non-hydrogen) atoms. The van der Waals surface area contributed by atoms with Crippen LogP contribution in [-0.2, 0) is 0 Å². The van der Waals surface area contributed by atoms with Gasteiger partial charge in [-0.3, -0.25) is 0 Å². The van der Waals surface area contributed by atoms with E-state index >= 15 is 0 Å². The van der Waals surface area contributed by atoms with Crippen LogP contribution < -0.4 is 24.6 Å². The lowest BCUT2D eigenvalue weighted by Crippen LogP contribution is -2.04. The Kier molecular flexibility index (Phi) is 5.51. The van der Waals surface area contributed by atoms with E-state index in [2.05, 4.69) is 0 Å². The summed E-state index contributed by atoms with van der Waals surface area (Å²) in [5.41, 5.74) is 0.370. The molecule has 0 atom stereocenters.